The molecule has 0 aliphatic carbocycles. The van der Waals surface area contributed by atoms with Crippen molar-refractivity contribution in [1.82, 2.24) is 0 Å². The minimum atomic E-state index is -5.43. The van der Waals surface area contributed by atoms with E-state index < -0.39 is 35.6 Å². The van der Waals surface area contributed by atoms with Gasteiger partial charge in [0.05, 0.1) is 24.3 Å². The molecule has 0 atom stereocenters. The fourth-order valence-electron chi connectivity index (χ4n) is 2.51. The first kappa shape index (κ1) is 26.3. The monoisotopic (exact) mass is 484 g/mol. The number of amides is 2. The molecule has 0 spiro atoms. The van der Waals surface area contributed by atoms with Crippen molar-refractivity contribution in [3.63, 3.8) is 0 Å². The molecule has 0 aromatic heterocycles. The largest absolute Gasteiger partial charge is 0.462 e. The van der Waals surface area contributed by atoms with Crippen molar-refractivity contribution < 1.29 is 46.2 Å². The van der Waals surface area contributed by atoms with Gasteiger partial charge >= 0.3 is 35.6 Å². The van der Waals surface area contributed by atoms with E-state index in [0.29, 0.717) is 0 Å². The lowest BCUT2D eigenvalue weighted by molar-refractivity contribution is -0.204. The summed E-state index contributed by atoms with van der Waals surface area (Å²) >= 11 is 0. The van der Waals surface area contributed by atoms with Crippen molar-refractivity contribution in [2.24, 2.45) is 0 Å². The number of esters is 2. The van der Waals surface area contributed by atoms with Crippen LogP contribution in [-0.2, 0) is 19.1 Å². The number of alkyl halides is 4. The highest BCUT2D eigenvalue weighted by molar-refractivity contribution is 6.05. The number of benzene rings is 2. The molecule has 2 rings (SSSR count). The zero-order valence-electron chi connectivity index (χ0n) is 18.0. The average molecular weight is 484 g/mol. The predicted molar refractivity (Wildman–Crippen MR) is 112 cm³/mol. The summed E-state index contributed by atoms with van der Waals surface area (Å²) in [6.07, 6.45) is 0. The van der Waals surface area contributed by atoms with Crippen LogP contribution in [0.3, 0.4) is 0 Å². The lowest BCUT2D eigenvalue weighted by atomic mass is 10.1. The molecule has 182 valence electrons. The molecule has 2 N–H and O–H groups in total. The zero-order chi connectivity index (χ0) is 25.5. The van der Waals surface area contributed by atoms with Crippen LogP contribution in [0.5, 0.6) is 0 Å². The molecule has 0 radical (unpaired) electrons. The lowest BCUT2D eigenvalue weighted by Gasteiger charge is -2.24. The highest BCUT2D eigenvalue weighted by Crippen LogP contribution is 2.36. The van der Waals surface area contributed by atoms with Gasteiger partial charge in [-0.2, -0.15) is 17.6 Å². The quantitative estimate of drug-likeness (QED) is 0.413. The number of hydrogen-bond donors (Lipinski definition) is 2. The van der Waals surface area contributed by atoms with Gasteiger partial charge in [0.25, 0.3) is 0 Å². The molecule has 0 saturated heterocycles. The number of carbonyl (C=O) groups is 4. The maximum atomic E-state index is 14.2. The van der Waals surface area contributed by atoms with Gasteiger partial charge < -0.3 is 20.1 Å². The minimum absolute atomic E-state index is 0.0466. The van der Waals surface area contributed by atoms with Crippen molar-refractivity contribution >= 4 is 35.1 Å². The van der Waals surface area contributed by atoms with Crippen LogP contribution in [0.15, 0.2) is 48.5 Å². The summed E-state index contributed by atoms with van der Waals surface area (Å²) in [7, 11) is 0. The Hall–Kier alpha value is -3.96. The van der Waals surface area contributed by atoms with Crippen LogP contribution in [0.25, 0.3) is 0 Å². The van der Waals surface area contributed by atoms with E-state index in [9.17, 15) is 36.7 Å². The second-order valence-electron chi connectivity index (χ2n) is 6.65. The SMILES string of the molecule is CCOC(=O)c1ccc(NC(=O)C(F)(F)C(F)(F)C(=O)Nc2ccc(C(=O)OCC)cc2)cc1. The molecular weight excluding hydrogens is 464 g/mol. The van der Waals surface area contributed by atoms with Crippen molar-refractivity contribution in [1.29, 1.82) is 0 Å². The Bertz CT molecular complexity index is 971. The van der Waals surface area contributed by atoms with Crippen LogP contribution >= 0.6 is 0 Å². The Kier molecular flexibility index (Phi) is 8.33. The molecule has 0 fully saturated rings. The molecule has 0 saturated carbocycles. The molecule has 0 aliphatic rings. The second-order valence-corrected chi connectivity index (χ2v) is 6.65. The third kappa shape index (κ3) is 5.88. The van der Waals surface area contributed by atoms with Gasteiger partial charge in [-0.15, -0.1) is 0 Å². The normalized spacial score (nSPS) is 11.4. The number of hydrogen-bond acceptors (Lipinski definition) is 6. The van der Waals surface area contributed by atoms with Gasteiger partial charge in [0.2, 0.25) is 0 Å². The summed E-state index contributed by atoms with van der Waals surface area (Å²) in [5, 5.41) is 3.17. The van der Waals surface area contributed by atoms with Crippen molar-refractivity contribution in [2.75, 3.05) is 23.8 Å². The van der Waals surface area contributed by atoms with Gasteiger partial charge in [0, 0.05) is 11.4 Å². The van der Waals surface area contributed by atoms with Crippen LogP contribution in [0.1, 0.15) is 34.6 Å². The number of anilines is 2. The number of halogens is 4. The van der Waals surface area contributed by atoms with Gasteiger partial charge in [-0.05, 0) is 62.4 Å². The first-order valence-electron chi connectivity index (χ1n) is 9.86. The van der Waals surface area contributed by atoms with Gasteiger partial charge in [-0.3, -0.25) is 9.59 Å². The molecule has 0 heterocycles. The fourth-order valence-corrected chi connectivity index (χ4v) is 2.51. The topological polar surface area (TPSA) is 111 Å². The summed E-state index contributed by atoms with van der Waals surface area (Å²) in [6.45, 7) is 3.33. The summed E-state index contributed by atoms with van der Waals surface area (Å²) in [4.78, 5) is 46.9. The summed E-state index contributed by atoms with van der Waals surface area (Å²) in [5.74, 6) is -17.1. The molecule has 0 bridgehead atoms. The van der Waals surface area contributed by atoms with Crippen LogP contribution in [-0.4, -0.2) is 48.8 Å². The maximum Gasteiger partial charge on any atom is 0.396 e. The molecule has 0 aliphatic heterocycles. The third-order valence-corrected chi connectivity index (χ3v) is 4.27. The second kappa shape index (κ2) is 10.8. The molecule has 8 nitrogen and oxygen atoms in total. The Morgan fingerprint density at radius 3 is 1.21 bits per heavy atom. The smallest absolute Gasteiger partial charge is 0.396 e. The lowest BCUT2D eigenvalue weighted by Crippen LogP contribution is -2.56. The highest BCUT2D eigenvalue weighted by atomic mass is 19.3. The first-order chi connectivity index (χ1) is 15.9. The molecule has 2 amide bonds. The Labute approximate surface area is 191 Å². The van der Waals surface area contributed by atoms with Crippen LogP contribution in [0, 0.1) is 0 Å². The van der Waals surface area contributed by atoms with Crippen molar-refractivity contribution in [3.8, 4) is 0 Å². The van der Waals surface area contributed by atoms with E-state index >= 15 is 0 Å². The van der Waals surface area contributed by atoms with Gasteiger partial charge in [-0.1, -0.05) is 0 Å². The van der Waals surface area contributed by atoms with E-state index in [1.807, 2.05) is 0 Å². The van der Waals surface area contributed by atoms with Crippen molar-refractivity contribution in [2.45, 2.75) is 25.7 Å². The minimum Gasteiger partial charge on any atom is -0.462 e. The van der Waals surface area contributed by atoms with E-state index in [0.717, 1.165) is 48.5 Å². The Morgan fingerprint density at radius 1 is 0.647 bits per heavy atom. The number of rotatable bonds is 9. The zero-order valence-corrected chi connectivity index (χ0v) is 18.0. The van der Waals surface area contributed by atoms with E-state index in [4.69, 9.17) is 9.47 Å². The highest BCUT2D eigenvalue weighted by Gasteiger charge is 2.67. The van der Waals surface area contributed by atoms with Gasteiger partial charge in [-0.25, -0.2) is 9.59 Å². The summed E-state index contributed by atoms with van der Waals surface area (Å²) in [6, 6.07) is 8.67. The summed E-state index contributed by atoms with van der Waals surface area (Å²) in [5.41, 5.74) is -0.539. The first-order valence-corrected chi connectivity index (χ1v) is 9.86. The van der Waals surface area contributed by atoms with E-state index in [1.54, 1.807) is 24.5 Å². The molecule has 2 aromatic carbocycles. The van der Waals surface area contributed by atoms with Gasteiger partial charge in [0.1, 0.15) is 0 Å². The molecule has 12 heteroatoms. The third-order valence-electron chi connectivity index (χ3n) is 4.27. The average Bonchev–Trinajstić information content (AvgIpc) is 2.80. The number of ether oxygens (including phenoxy) is 2. The summed E-state index contributed by atoms with van der Waals surface area (Å²) < 4.78 is 66.4. The molecule has 0 unspecified atom stereocenters. The molecule has 34 heavy (non-hydrogen) atoms. The molecule has 2 aromatic rings. The molecular formula is C22H20F4N2O6. The van der Waals surface area contributed by atoms with E-state index in [1.165, 1.54) is 0 Å². The fraction of sp³-hybridized carbons (Fsp3) is 0.273. The van der Waals surface area contributed by atoms with E-state index in [-0.39, 0.29) is 35.7 Å². The van der Waals surface area contributed by atoms with Crippen LogP contribution < -0.4 is 10.6 Å². The number of nitrogens with one attached hydrogen (secondary N) is 2. The van der Waals surface area contributed by atoms with Crippen molar-refractivity contribution in [3.05, 3.63) is 59.7 Å². The predicted octanol–water partition coefficient (Wildman–Crippen LogP) is 3.89. The number of carbonyl (C=O) groups excluding carboxylic acids is 4. The van der Waals surface area contributed by atoms with Crippen LogP contribution in [0.4, 0.5) is 28.9 Å². The standard InChI is InChI=1S/C22H20F4N2O6/c1-3-33-17(29)13-5-9-15(10-6-13)27-19(31)21(23,24)22(25,26)20(32)28-16-11-7-14(8-12-16)18(30)34-4-2/h5-12H,3-4H2,1-2H3,(H,27,31)(H,28,32). The van der Waals surface area contributed by atoms with Gasteiger partial charge in [0.15, 0.2) is 0 Å². The van der Waals surface area contributed by atoms with E-state index in [2.05, 4.69) is 0 Å². The van der Waals surface area contributed by atoms with Crippen LogP contribution in [0.2, 0.25) is 0 Å². The maximum absolute atomic E-state index is 14.2. The Morgan fingerprint density at radius 2 is 0.941 bits per heavy atom. The Balaban J connectivity index is 2.09.